The Labute approximate surface area is 127 Å². The molecule has 3 heteroatoms. The van der Waals surface area contributed by atoms with Crippen LogP contribution in [0.15, 0.2) is 30.3 Å². The molecular weight excluding hydrogens is 262 g/mol. The van der Waals surface area contributed by atoms with Crippen molar-refractivity contribution in [3.8, 4) is 0 Å². The van der Waals surface area contributed by atoms with E-state index in [9.17, 15) is 9.59 Å². The second-order valence-electron chi connectivity index (χ2n) is 6.10. The minimum atomic E-state index is -0.103. The molecule has 2 rings (SSSR count). The SMILES string of the molecule is CCC(C)C(C(=O)NC1CCC(=O)CC1)c1ccccc1. The summed E-state index contributed by atoms with van der Waals surface area (Å²) in [6.45, 7) is 4.24. The number of hydrogen-bond donors (Lipinski definition) is 1. The third-order valence-electron chi connectivity index (χ3n) is 4.54. The van der Waals surface area contributed by atoms with E-state index in [2.05, 4.69) is 19.2 Å². The van der Waals surface area contributed by atoms with E-state index in [0.717, 1.165) is 24.8 Å². The molecule has 0 aromatic heterocycles. The van der Waals surface area contributed by atoms with E-state index >= 15 is 0 Å². The number of hydrogen-bond acceptors (Lipinski definition) is 2. The summed E-state index contributed by atoms with van der Waals surface area (Å²) < 4.78 is 0. The molecule has 1 aliphatic carbocycles. The molecule has 1 aromatic carbocycles. The summed E-state index contributed by atoms with van der Waals surface area (Å²) in [4.78, 5) is 24.0. The van der Waals surface area contributed by atoms with Crippen LogP contribution in [0.4, 0.5) is 0 Å². The number of ketones is 1. The quantitative estimate of drug-likeness (QED) is 0.901. The topological polar surface area (TPSA) is 46.2 Å². The molecule has 0 heterocycles. The number of Topliss-reactive ketones (excluding diaryl/α,β-unsaturated/α-hetero) is 1. The van der Waals surface area contributed by atoms with Gasteiger partial charge in [-0.25, -0.2) is 0 Å². The highest BCUT2D eigenvalue weighted by atomic mass is 16.2. The summed E-state index contributed by atoms with van der Waals surface area (Å²) in [6.07, 6.45) is 3.74. The lowest BCUT2D eigenvalue weighted by molar-refractivity contribution is -0.126. The highest BCUT2D eigenvalue weighted by molar-refractivity contribution is 5.85. The van der Waals surface area contributed by atoms with Crippen molar-refractivity contribution >= 4 is 11.7 Å². The van der Waals surface area contributed by atoms with Crippen LogP contribution < -0.4 is 5.32 Å². The molecule has 3 nitrogen and oxygen atoms in total. The molecule has 0 spiro atoms. The first-order valence-corrected chi connectivity index (χ1v) is 7.98. The van der Waals surface area contributed by atoms with Crippen LogP contribution >= 0.6 is 0 Å². The first-order valence-electron chi connectivity index (χ1n) is 7.98. The second-order valence-corrected chi connectivity index (χ2v) is 6.10. The van der Waals surface area contributed by atoms with Crippen LogP contribution in [0.2, 0.25) is 0 Å². The standard InChI is InChI=1S/C18H25NO2/c1-3-13(2)17(14-7-5-4-6-8-14)18(21)19-15-9-11-16(20)12-10-15/h4-8,13,15,17H,3,9-12H2,1-2H3,(H,19,21). The van der Waals surface area contributed by atoms with Gasteiger partial charge in [0.15, 0.2) is 0 Å². The van der Waals surface area contributed by atoms with E-state index in [-0.39, 0.29) is 17.9 Å². The average Bonchev–Trinajstić information content (AvgIpc) is 2.50. The lowest BCUT2D eigenvalue weighted by Gasteiger charge is -2.28. The van der Waals surface area contributed by atoms with Crippen molar-refractivity contribution in [1.29, 1.82) is 0 Å². The number of benzene rings is 1. The second kappa shape index (κ2) is 7.39. The molecular formula is C18H25NO2. The van der Waals surface area contributed by atoms with Crippen LogP contribution in [-0.2, 0) is 9.59 Å². The van der Waals surface area contributed by atoms with Crippen molar-refractivity contribution in [2.75, 3.05) is 0 Å². The summed E-state index contributed by atoms with van der Waals surface area (Å²) in [5.74, 6) is 0.628. The van der Waals surface area contributed by atoms with Crippen LogP contribution in [0.5, 0.6) is 0 Å². The number of amides is 1. The van der Waals surface area contributed by atoms with Gasteiger partial charge in [0, 0.05) is 18.9 Å². The van der Waals surface area contributed by atoms with E-state index in [4.69, 9.17) is 0 Å². The molecule has 0 aliphatic heterocycles. The maximum absolute atomic E-state index is 12.7. The van der Waals surface area contributed by atoms with Crippen LogP contribution in [0.25, 0.3) is 0 Å². The van der Waals surface area contributed by atoms with Gasteiger partial charge in [0.1, 0.15) is 5.78 Å². The van der Waals surface area contributed by atoms with Gasteiger partial charge in [0.05, 0.1) is 5.92 Å². The first kappa shape index (κ1) is 15.7. The first-order chi connectivity index (χ1) is 10.1. The van der Waals surface area contributed by atoms with Gasteiger partial charge < -0.3 is 5.32 Å². The Bertz CT molecular complexity index is 473. The Hall–Kier alpha value is -1.64. The summed E-state index contributed by atoms with van der Waals surface area (Å²) in [5.41, 5.74) is 1.08. The fourth-order valence-electron chi connectivity index (χ4n) is 3.01. The smallest absolute Gasteiger partial charge is 0.228 e. The Kier molecular flexibility index (Phi) is 5.54. The number of rotatable bonds is 5. The van der Waals surface area contributed by atoms with E-state index in [1.807, 2.05) is 30.3 Å². The molecule has 21 heavy (non-hydrogen) atoms. The number of carbonyl (C=O) groups is 2. The Morgan fingerprint density at radius 2 is 1.86 bits per heavy atom. The highest BCUT2D eigenvalue weighted by Crippen LogP contribution is 2.28. The molecule has 2 unspecified atom stereocenters. The maximum atomic E-state index is 12.7. The molecule has 0 radical (unpaired) electrons. The van der Waals surface area contributed by atoms with Gasteiger partial charge in [-0.1, -0.05) is 50.6 Å². The van der Waals surface area contributed by atoms with Crippen molar-refractivity contribution in [2.45, 2.75) is 57.9 Å². The van der Waals surface area contributed by atoms with Crippen molar-refractivity contribution in [2.24, 2.45) is 5.92 Å². The van der Waals surface area contributed by atoms with Gasteiger partial charge in [0.25, 0.3) is 0 Å². The zero-order valence-corrected chi connectivity index (χ0v) is 13.0. The van der Waals surface area contributed by atoms with Gasteiger partial charge in [-0.05, 0) is 24.3 Å². The third kappa shape index (κ3) is 4.16. The number of carbonyl (C=O) groups excluding carboxylic acids is 2. The zero-order chi connectivity index (χ0) is 15.2. The molecule has 1 amide bonds. The van der Waals surface area contributed by atoms with Crippen LogP contribution in [0.3, 0.4) is 0 Å². The van der Waals surface area contributed by atoms with Gasteiger partial charge in [0.2, 0.25) is 5.91 Å². The van der Waals surface area contributed by atoms with Crippen molar-refractivity contribution in [3.63, 3.8) is 0 Å². The molecule has 1 aliphatic rings. The molecule has 1 saturated carbocycles. The highest BCUT2D eigenvalue weighted by Gasteiger charge is 2.28. The van der Waals surface area contributed by atoms with Crippen molar-refractivity contribution in [1.82, 2.24) is 5.32 Å². The summed E-state index contributed by atoms with van der Waals surface area (Å²) in [7, 11) is 0. The van der Waals surface area contributed by atoms with E-state index in [1.54, 1.807) is 0 Å². The molecule has 1 aromatic rings. The molecule has 0 bridgehead atoms. The molecule has 1 fully saturated rings. The Morgan fingerprint density at radius 1 is 1.24 bits per heavy atom. The van der Waals surface area contributed by atoms with Gasteiger partial charge >= 0.3 is 0 Å². The maximum Gasteiger partial charge on any atom is 0.228 e. The minimum Gasteiger partial charge on any atom is -0.353 e. The lowest BCUT2D eigenvalue weighted by atomic mass is 9.84. The zero-order valence-electron chi connectivity index (χ0n) is 13.0. The molecule has 0 saturated heterocycles. The fraction of sp³-hybridized carbons (Fsp3) is 0.556. The van der Waals surface area contributed by atoms with Crippen LogP contribution in [0.1, 0.15) is 57.4 Å². The third-order valence-corrected chi connectivity index (χ3v) is 4.54. The van der Waals surface area contributed by atoms with Gasteiger partial charge in [-0.15, -0.1) is 0 Å². The van der Waals surface area contributed by atoms with Gasteiger partial charge in [-0.3, -0.25) is 9.59 Å². The van der Waals surface area contributed by atoms with Crippen LogP contribution in [-0.4, -0.2) is 17.7 Å². The normalized spacial score (nSPS) is 19.0. The van der Waals surface area contributed by atoms with Crippen LogP contribution in [0, 0.1) is 5.92 Å². The van der Waals surface area contributed by atoms with Crippen molar-refractivity contribution < 1.29 is 9.59 Å². The average molecular weight is 287 g/mol. The molecule has 2 atom stereocenters. The Morgan fingerprint density at radius 3 is 2.43 bits per heavy atom. The fourth-order valence-corrected chi connectivity index (χ4v) is 3.01. The summed E-state index contributed by atoms with van der Waals surface area (Å²) in [6, 6.07) is 10.2. The van der Waals surface area contributed by atoms with Crippen molar-refractivity contribution in [3.05, 3.63) is 35.9 Å². The summed E-state index contributed by atoms with van der Waals surface area (Å²) >= 11 is 0. The van der Waals surface area contributed by atoms with Gasteiger partial charge in [-0.2, -0.15) is 0 Å². The number of nitrogens with one attached hydrogen (secondary N) is 1. The predicted molar refractivity (Wildman–Crippen MR) is 84.0 cm³/mol. The van der Waals surface area contributed by atoms with E-state index < -0.39 is 0 Å². The van der Waals surface area contributed by atoms with E-state index in [1.165, 1.54) is 0 Å². The summed E-state index contributed by atoms with van der Waals surface area (Å²) in [5, 5.41) is 3.16. The largest absolute Gasteiger partial charge is 0.353 e. The lowest BCUT2D eigenvalue weighted by Crippen LogP contribution is -2.41. The predicted octanol–water partition coefficient (Wildman–Crippen LogP) is 3.44. The molecule has 1 N–H and O–H groups in total. The Balaban J connectivity index is 2.06. The minimum absolute atomic E-state index is 0.103. The van der Waals surface area contributed by atoms with E-state index in [0.29, 0.717) is 24.5 Å². The molecule has 114 valence electrons. The monoisotopic (exact) mass is 287 g/mol.